The molecule has 0 saturated carbocycles. The second kappa shape index (κ2) is 2.81. The fourth-order valence-electron chi connectivity index (χ4n) is 1.07. The van der Waals surface area contributed by atoms with Crippen LogP contribution in [0.25, 0.3) is 11.0 Å². The van der Waals surface area contributed by atoms with E-state index in [4.69, 9.17) is 5.73 Å². The number of nitrogen functional groups attached to an aromatic ring is 1. The van der Waals surface area contributed by atoms with Crippen LogP contribution in [0.4, 0.5) is 5.69 Å². The van der Waals surface area contributed by atoms with Crippen LogP contribution < -0.4 is 5.73 Å². The highest BCUT2D eigenvalue weighted by molar-refractivity contribution is 14.1. The first-order valence-corrected chi connectivity index (χ1v) is 4.77. The van der Waals surface area contributed by atoms with Crippen molar-refractivity contribution in [3.63, 3.8) is 0 Å². The fraction of sp³-hybridized carbons (Fsp3) is 0. The number of pyridine rings is 1. The van der Waals surface area contributed by atoms with Gasteiger partial charge in [0.15, 0.2) is 5.65 Å². The van der Waals surface area contributed by atoms with Crippen LogP contribution in [0.5, 0.6) is 0 Å². The summed E-state index contributed by atoms with van der Waals surface area (Å²) in [5, 5.41) is 1.05. The summed E-state index contributed by atoms with van der Waals surface area (Å²) in [4.78, 5) is 4.16. The lowest BCUT2D eigenvalue weighted by atomic mass is 10.3. The van der Waals surface area contributed by atoms with E-state index >= 15 is 0 Å². The molecule has 0 spiro atoms. The van der Waals surface area contributed by atoms with E-state index in [1.165, 1.54) is 0 Å². The number of fused-ring (bicyclic) bond motifs is 1. The number of hydrogen-bond donors (Lipinski definition) is 2. The lowest BCUT2D eigenvalue weighted by Gasteiger charge is -1.94. The molecule has 0 radical (unpaired) electrons. The molecule has 62 valence electrons. The van der Waals surface area contributed by atoms with Gasteiger partial charge >= 0.3 is 0 Å². The Bertz CT molecular complexity index is 437. The number of thiol groups is 1. The van der Waals surface area contributed by atoms with Gasteiger partial charge in [-0.25, -0.2) is 4.98 Å². The monoisotopic (exact) mass is 291 g/mol. The standard InChI is InChI=1S/C7H6IN3S/c8-6-3-11(12)7-5(6)1-4(9)2-10-7/h1-3,12H,9H2. The predicted molar refractivity (Wildman–Crippen MR) is 61.2 cm³/mol. The molecule has 2 rings (SSSR count). The maximum Gasteiger partial charge on any atom is 0.150 e. The average Bonchev–Trinajstić information content (AvgIpc) is 2.28. The molecule has 12 heavy (non-hydrogen) atoms. The third-order valence-corrected chi connectivity index (χ3v) is 2.76. The van der Waals surface area contributed by atoms with Gasteiger partial charge in [0.05, 0.1) is 11.9 Å². The van der Waals surface area contributed by atoms with Gasteiger partial charge in [-0.3, -0.25) is 3.97 Å². The Morgan fingerprint density at radius 1 is 1.58 bits per heavy atom. The van der Waals surface area contributed by atoms with E-state index in [2.05, 4.69) is 40.4 Å². The molecule has 5 heteroatoms. The van der Waals surface area contributed by atoms with Crippen LogP contribution in [0.15, 0.2) is 18.5 Å². The first-order valence-electron chi connectivity index (χ1n) is 3.30. The molecule has 0 aliphatic rings. The van der Waals surface area contributed by atoms with Gasteiger partial charge in [-0.15, -0.1) is 0 Å². The van der Waals surface area contributed by atoms with E-state index in [0.29, 0.717) is 5.69 Å². The summed E-state index contributed by atoms with van der Waals surface area (Å²) in [5.41, 5.74) is 7.13. The van der Waals surface area contributed by atoms with Gasteiger partial charge in [-0.2, -0.15) is 0 Å². The smallest absolute Gasteiger partial charge is 0.150 e. The van der Waals surface area contributed by atoms with Gasteiger partial charge in [-0.05, 0) is 28.7 Å². The number of aromatic nitrogens is 2. The van der Waals surface area contributed by atoms with E-state index in [0.717, 1.165) is 14.6 Å². The molecule has 0 aromatic carbocycles. The number of nitrogens with zero attached hydrogens (tertiary/aromatic N) is 2. The molecule has 0 aliphatic carbocycles. The maximum atomic E-state index is 5.60. The van der Waals surface area contributed by atoms with Crippen LogP contribution in [-0.4, -0.2) is 8.96 Å². The predicted octanol–water partition coefficient (Wildman–Crippen LogP) is 1.92. The third-order valence-electron chi connectivity index (χ3n) is 1.60. The molecule has 0 bridgehead atoms. The van der Waals surface area contributed by atoms with Crippen molar-refractivity contribution < 1.29 is 0 Å². The molecule has 2 N–H and O–H groups in total. The van der Waals surface area contributed by atoms with Crippen LogP contribution in [0.3, 0.4) is 0 Å². The Hall–Kier alpha value is -0.430. The summed E-state index contributed by atoms with van der Waals surface area (Å²) in [6.45, 7) is 0. The van der Waals surface area contributed by atoms with Crippen molar-refractivity contribution in [1.29, 1.82) is 0 Å². The zero-order valence-electron chi connectivity index (χ0n) is 6.03. The van der Waals surface area contributed by atoms with E-state index in [-0.39, 0.29) is 0 Å². The molecule has 2 aromatic rings. The van der Waals surface area contributed by atoms with E-state index in [9.17, 15) is 0 Å². The van der Waals surface area contributed by atoms with Gasteiger partial charge in [0.1, 0.15) is 0 Å². The van der Waals surface area contributed by atoms with E-state index in [1.54, 1.807) is 10.2 Å². The molecule has 0 atom stereocenters. The molecule has 0 fully saturated rings. The van der Waals surface area contributed by atoms with Gasteiger partial charge in [0, 0.05) is 15.2 Å². The molecule has 0 unspecified atom stereocenters. The van der Waals surface area contributed by atoms with Crippen molar-refractivity contribution in [2.45, 2.75) is 0 Å². The van der Waals surface area contributed by atoms with Gasteiger partial charge in [-0.1, -0.05) is 12.8 Å². The Morgan fingerprint density at radius 3 is 3.08 bits per heavy atom. The Morgan fingerprint density at radius 2 is 2.33 bits per heavy atom. The fourth-order valence-corrected chi connectivity index (χ4v) is 2.24. The quantitative estimate of drug-likeness (QED) is 0.575. The topological polar surface area (TPSA) is 43.8 Å². The molecule has 2 aromatic heterocycles. The lowest BCUT2D eigenvalue weighted by Crippen LogP contribution is -1.87. The molecule has 0 aliphatic heterocycles. The van der Waals surface area contributed by atoms with Crippen molar-refractivity contribution in [1.82, 2.24) is 8.96 Å². The van der Waals surface area contributed by atoms with Gasteiger partial charge in [0.2, 0.25) is 0 Å². The zero-order chi connectivity index (χ0) is 8.72. The Balaban J connectivity index is 2.90. The van der Waals surface area contributed by atoms with Gasteiger partial charge < -0.3 is 5.73 Å². The highest BCUT2D eigenvalue weighted by atomic mass is 127. The number of halogens is 1. The largest absolute Gasteiger partial charge is 0.397 e. The third kappa shape index (κ3) is 1.16. The number of anilines is 1. The highest BCUT2D eigenvalue weighted by Crippen LogP contribution is 2.23. The van der Waals surface area contributed by atoms with E-state index < -0.39 is 0 Å². The summed E-state index contributed by atoms with van der Waals surface area (Å²) in [7, 11) is 0. The minimum Gasteiger partial charge on any atom is -0.397 e. The molecule has 2 heterocycles. The second-order valence-corrected chi connectivity index (χ2v) is 4.05. The second-order valence-electron chi connectivity index (χ2n) is 2.46. The van der Waals surface area contributed by atoms with Gasteiger partial charge in [0.25, 0.3) is 0 Å². The van der Waals surface area contributed by atoms with Crippen molar-refractivity contribution in [2.75, 3.05) is 5.73 Å². The van der Waals surface area contributed by atoms with Crippen molar-refractivity contribution in [3.05, 3.63) is 22.0 Å². The Kier molecular flexibility index (Phi) is 1.91. The molecular formula is C7H6IN3S. The van der Waals surface area contributed by atoms with Crippen molar-refractivity contribution in [3.8, 4) is 0 Å². The summed E-state index contributed by atoms with van der Waals surface area (Å²) >= 11 is 6.44. The number of rotatable bonds is 0. The molecule has 0 amide bonds. The van der Waals surface area contributed by atoms with Crippen LogP contribution in [0.2, 0.25) is 0 Å². The van der Waals surface area contributed by atoms with Crippen LogP contribution in [-0.2, 0) is 0 Å². The average molecular weight is 291 g/mol. The van der Waals surface area contributed by atoms with Crippen LogP contribution in [0, 0.1) is 3.57 Å². The minimum atomic E-state index is 0.681. The normalized spacial score (nSPS) is 10.8. The summed E-state index contributed by atoms with van der Waals surface area (Å²) in [5.74, 6) is 0. The number of nitrogens with two attached hydrogens (primary N) is 1. The lowest BCUT2D eigenvalue weighted by molar-refractivity contribution is 1.27. The first-order chi connectivity index (χ1) is 5.68. The Labute approximate surface area is 88.6 Å². The molecule has 0 saturated heterocycles. The first kappa shape index (κ1) is 8.18. The minimum absolute atomic E-state index is 0.681. The molecule has 3 nitrogen and oxygen atoms in total. The maximum absolute atomic E-state index is 5.60. The summed E-state index contributed by atoms with van der Waals surface area (Å²) in [6.07, 6.45) is 3.53. The SMILES string of the molecule is Nc1cnc2c(c1)c(I)cn2S. The molecular weight excluding hydrogens is 285 g/mol. The van der Waals surface area contributed by atoms with Crippen molar-refractivity contribution >= 4 is 52.1 Å². The zero-order valence-corrected chi connectivity index (χ0v) is 9.08. The summed E-state index contributed by atoms with van der Waals surface area (Å²) < 4.78 is 2.80. The summed E-state index contributed by atoms with van der Waals surface area (Å²) in [6, 6.07) is 1.90. The van der Waals surface area contributed by atoms with Crippen LogP contribution in [0.1, 0.15) is 0 Å². The highest BCUT2D eigenvalue weighted by Gasteiger charge is 2.05. The van der Waals surface area contributed by atoms with Crippen LogP contribution >= 0.6 is 35.4 Å². The number of hydrogen-bond acceptors (Lipinski definition) is 3. The van der Waals surface area contributed by atoms with Crippen molar-refractivity contribution in [2.24, 2.45) is 0 Å². The van der Waals surface area contributed by atoms with E-state index in [1.807, 2.05) is 12.3 Å².